The van der Waals surface area contributed by atoms with Crippen molar-refractivity contribution in [3.05, 3.63) is 48.6 Å². The molecule has 112 valence electrons. The summed E-state index contributed by atoms with van der Waals surface area (Å²) in [6.45, 7) is 7.99. The molecule has 1 heterocycles. The van der Waals surface area contributed by atoms with E-state index in [0.29, 0.717) is 13.0 Å². The maximum Gasteiger partial charge on any atom is 0.246 e. The zero-order valence-electron chi connectivity index (χ0n) is 12.6. The van der Waals surface area contributed by atoms with E-state index in [1.54, 1.807) is 11.0 Å². The summed E-state index contributed by atoms with van der Waals surface area (Å²) in [4.78, 5) is 26.6. The van der Waals surface area contributed by atoms with Gasteiger partial charge in [0, 0.05) is 13.0 Å². The average molecular weight is 286 g/mol. The lowest BCUT2D eigenvalue weighted by Gasteiger charge is -2.40. The maximum atomic E-state index is 12.6. The summed E-state index contributed by atoms with van der Waals surface area (Å²) in [6, 6.07) is 8.82. The molecule has 0 aromatic heterocycles. The van der Waals surface area contributed by atoms with Gasteiger partial charge in [-0.15, -0.1) is 6.58 Å². The molecule has 2 atom stereocenters. The molecule has 0 radical (unpaired) electrons. The van der Waals surface area contributed by atoms with Crippen LogP contribution in [0.4, 0.5) is 0 Å². The van der Waals surface area contributed by atoms with Gasteiger partial charge in [0.05, 0.1) is 0 Å². The van der Waals surface area contributed by atoms with Crippen LogP contribution in [0.1, 0.15) is 19.4 Å². The zero-order chi connectivity index (χ0) is 15.4. The standard InChI is InChI=1S/C17H22N2O2/c1-4-10-19-15(12(2)3)16(20)18-14(17(19)21)11-13-8-6-5-7-9-13/h4-9,12,14-15H,1,10-11H2,2-3H3,(H,18,20). The topological polar surface area (TPSA) is 49.4 Å². The van der Waals surface area contributed by atoms with Crippen molar-refractivity contribution in [3.8, 4) is 0 Å². The molecule has 1 aromatic rings. The number of benzene rings is 1. The second-order valence-corrected chi connectivity index (χ2v) is 5.72. The summed E-state index contributed by atoms with van der Waals surface area (Å²) in [5.74, 6) is -0.0315. The highest BCUT2D eigenvalue weighted by molar-refractivity contribution is 5.97. The largest absolute Gasteiger partial charge is 0.342 e. The Kier molecular flexibility index (Phi) is 4.78. The molecule has 0 spiro atoms. The Labute approximate surface area is 125 Å². The van der Waals surface area contributed by atoms with Gasteiger partial charge in [0.2, 0.25) is 11.8 Å². The molecule has 1 N–H and O–H groups in total. The Morgan fingerprint density at radius 2 is 1.95 bits per heavy atom. The Balaban J connectivity index is 2.20. The molecule has 0 saturated carbocycles. The lowest BCUT2D eigenvalue weighted by molar-refractivity contribution is -0.150. The number of piperazine rings is 1. The van der Waals surface area contributed by atoms with Gasteiger partial charge in [-0.2, -0.15) is 0 Å². The van der Waals surface area contributed by atoms with Crippen LogP contribution in [0.25, 0.3) is 0 Å². The molecule has 1 aliphatic rings. The number of carbonyl (C=O) groups is 2. The van der Waals surface area contributed by atoms with E-state index in [-0.39, 0.29) is 17.7 Å². The smallest absolute Gasteiger partial charge is 0.246 e. The first-order valence-corrected chi connectivity index (χ1v) is 7.30. The minimum Gasteiger partial charge on any atom is -0.342 e. The number of nitrogens with one attached hydrogen (secondary N) is 1. The first kappa shape index (κ1) is 15.3. The summed E-state index contributed by atoms with van der Waals surface area (Å²) in [5.41, 5.74) is 1.04. The van der Waals surface area contributed by atoms with E-state index in [4.69, 9.17) is 0 Å². The highest BCUT2D eigenvalue weighted by Gasteiger charge is 2.41. The van der Waals surface area contributed by atoms with Crippen LogP contribution in [0.15, 0.2) is 43.0 Å². The van der Waals surface area contributed by atoms with E-state index in [0.717, 1.165) is 5.56 Å². The zero-order valence-corrected chi connectivity index (χ0v) is 12.6. The van der Waals surface area contributed by atoms with Crippen molar-refractivity contribution in [1.29, 1.82) is 0 Å². The average Bonchev–Trinajstić information content (AvgIpc) is 2.45. The van der Waals surface area contributed by atoms with Gasteiger partial charge in [-0.3, -0.25) is 9.59 Å². The lowest BCUT2D eigenvalue weighted by Crippen LogP contribution is -2.65. The number of nitrogens with zero attached hydrogens (tertiary/aromatic N) is 1. The van der Waals surface area contributed by atoms with Crippen LogP contribution in [-0.2, 0) is 16.0 Å². The predicted octanol–water partition coefficient (Wildman–Crippen LogP) is 1.77. The number of rotatable bonds is 5. The first-order chi connectivity index (χ1) is 10.0. The quantitative estimate of drug-likeness (QED) is 0.839. The second kappa shape index (κ2) is 6.57. The lowest BCUT2D eigenvalue weighted by atomic mass is 9.94. The van der Waals surface area contributed by atoms with E-state index in [2.05, 4.69) is 11.9 Å². The van der Waals surface area contributed by atoms with Crippen molar-refractivity contribution in [2.75, 3.05) is 6.54 Å². The summed E-state index contributed by atoms with van der Waals surface area (Å²) in [7, 11) is 0. The van der Waals surface area contributed by atoms with Crippen LogP contribution in [0.5, 0.6) is 0 Å². The molecule has 4 nitrogen and oxygen atoms in total. The monoisotopic (exact) mass is 286 g/mol. The Bertz CT molecular complexity index is 525. The Hall–Kier alpha value is -2.10. The van der Waals surface area contributed by atoms with Crippen LogP contribution in [0, 0.1) is 5.92 Å². The first-order valence-electron chi connectivity index (χ1n) is 7.30. The van der Waals surface area contributed by atoms with Gasteiger partial charge in [0.25, 0.3) is 0 Å². The number of hydrogen-bond acceptors (Lipinski definition) is 2. The third-order valence-electron chi connectivity index (χ3n) is 3.74. The van der Waals surface area contributed by atoms with E-state index >= 15 is 0 Å². The van der Waals surface area contributed by atoms with Gasteiger partial charge < -0.3 is 10.2 Å². The molecule has 1 aromatic carbocycles. The molecule has 1 saturated heterocycles. The molecule has 0 aliphatic carbocycles. The Morgan fingerprint density at radius 1 is 1.29 bits per heavy atom. The van der Waals surface area contributed by atoms with Gasteiger partial charge in [-0.1, -0.05) is 50.3 Å². The predicted molar refractivity (Wildman–Crippen MR) is 82.6 cm³/mol. The molecule has 2 rings (SSSR count). The van der Waals surface area contributed by atoms with E-state index in [1.165, 1.54) is 0 Å². The highest BCUT2D eigenvalue weighted by atomic mass is 16.2. The van der Waals surface area contributed by atoms with Crippen molar-refractivity contribution >= 4 is 11.8 Å². The maximum absolute atomic E-state index is 12.6. The van der Waals surface area contributed by atoms with Gasteiger partial charge >= 0.3 is 0 Å². The molecule has 0 bridgehead atoms. The van der Waals surface area contributed by atoms with Crippen molar-refractivity contribution in [1.82, 2.24) is 10.2 Å². The summed E-state index contributed by atoms with van der Waals surface area (Å²) in [5, 5.41) is 2.87. The van der Waals surface area contributed by atoms with Crippen LogP contribution < -0.4 is 5.32 Å². The molecule has 1 aliphatic heterocycles. The SMILES string of the molecule is C=CCN1C(=O)C(Cc2ccccc2)NC(=O)C1C(C)C. The molecule has 2 amide bonds. The number of amides is 2. The van der Waals surface area contributed by atoms with Gasteiger partial charge in [0.15, 0.2) is 0 Å². The van der Waals surface area contributed by atoms with Crippen LogP contribution in [0.3, 0.4) is 0 Å². The van der Waals surface area contributed by atoms with Gasteiger partial charge in [0.1, 0.15) is 12.1 Å². The fourth-order valence-electron chi connectivity index (χ4n) is 2.79. The normalized spacial score (nSPS) is 22.3. The van der Waals surface area contributed by atoms with E-state index < -0.39 is 12.1 Å². The van der Waals surface area contributed by atoms with Crippen LogP contribution >= 0.6 is 0 Å². The van der Waals surface area contributed by atoms with Crippen molar-refractivity contribution in [3.63, 3.8) is 0 Å². The molecule has 4 heteroatoms. The van der Waals surface area contributed by atoms with Gasteiger partial charge in [-0.05, 0) is 11.5 Å². The molecular weight excluding hydrogens is 264 g/mol. The second-order valence-electron chi connectivity index (χ2n) is 5.72. The van der Waals surface area contributed by atoms with Crippen LogP contribution in [-0.4, -0.2) is 35.3 Å². The summed E-state index contributed by atoms with van der Waals surface area (Å²) >= 11 is 0. The minimum absolute atomic E-state index is 0.0305. The summed E-state index contributed by atoms with van der Waals surface area (Å²) in [6.07, 6.45) is 2.19. The van der Waals surface area contributed by atoms with Crippen molar-refractivity contribution < 1.29 is 9.59 Å². The third kappa shape index (κ3) is 3.32. The van der Waals surface area contributed by atoms with Gasteiger partial charge in [-0.25, -0.2) is 0 Å². The van der Waals surface area contributed by atoms with E-state index in [1.807, 2.05) is 44.2 Å². The molecule has 2 unspecified atom stereocenters. The van der Waals surface area contributed by atoms with Crippen molar-refractivity contribution in [2.24, 2.45) is 5.92 Å². The fraction of sp³-hybridized carbons (Fsp3) is 0.412. The molecular formula is C17H22N2O2. The molecule has 1 fully saturated rings. The van der Waals surface area contributed by atoms with Crippen LogP contribution in [0.2, 0.25) is 0 Å². The third-order valence-corrected chi connectivity index (χ3v) is 3.74. The number of carbonyl (C=O) groups excluding carboxylic acids is 2. The minimum atomic E-state index is -0.491. The number of hydrogen-bond donors (Lipinski definition) is 1. The molecule has 21 heavy (non-hydrogen) atoms. The Morgan fingerprint density at radius 3 is 2.52 bits per heavy atom. The van der Waals surface area contributed by atoms with Crippen molar-refractivity contribution in [2.45, 2.75) is 32.4 Å². The van der Waals surface area contributed by atoms with E-state index in [9.17, 15) is 9.59 Å². The highest BCUT2D eigenvalue weighted by Crippen LogP contribution is 2.19. The fourth-order valence-corrected chi connectivity index (χ4v) is 2.79. The summed E-state index contributed by atoms with van der Waals surface area (Å²) < 4.78 is 0.